The van der Waals surface area contributed by atoms with Crippen LogP contribution in [0.1, 0.15) is 66.2 Å². The molecule has 2 heteroatoms. The highest BCUT2D eigenvalue weighted by molar-refractivity contribution is 7.75. The average Bonchev–Trinajstić information content (AvgIpc) is 2.40. The molecule has 0 radical (unpaired) electrons. The minimum atomic E-state index is -0.743. The Morgan fingerprint density at radius 2 is 1.22 bits per heavy atom. The van der Waals surface area contributed by atoms with Gasteiger partial charge in [0.2, 0.25) is 0 Å². The second-order valence-electron chi connectivity index (χ2n) is 5.80. The van der Waals surface area contributed by atoms with Crippen LogP contribution in [0.3, 0.4) is 0 Å². The lowest BCUT2D eigenvalue weighted by atomic mass is 10.4. The van der Waals surface area contributed by atoms with Crippen molar-refractivity contribution >= 4 is 7.26 Å². The van der Waals surface area contributed by atoms with Gasteiger partial charge in [-0.15, -0.1) is 0 Å². The van der Waals surface area contributed by atoms with Crippen molar-refractivity contribution in [1.82, 2.24) is 0 Å². The Morgan fingerprint density at radius 1 is 0.833 bits per heavy atom. The molecule has 18 heavy (non-hydrogen) atoms. The van der Waals surface area contributed by atoms with Gasteiger partial charge in [0, 0.05) is 14.4 Å². The summed E-state index contributed by atoms with van der Waals surface area (Å²) in [6.07, 6.45) is 14.7. The Hall–Kier alpha value is 0.390. The van der Waals surface area contributed by atoms with Crippen LogP contribution in [-0.2, 0) is 4.74 Å². The third-order valence-corrected chi connectivity index (χ3v) is 9.09. The molecular formula is C16H36OP+. The molecule has 0 heterocycles. The van der Waals surface area contributed by atoms with E-state index in [9.17, 15) is 0 Å². The molecule has 0 aromatic carbocycles. The standard InChI is InChI=1S/C16H36OP/c1-6-9-12-18(13-10-7-2,14-11-8-3)15-16(4)17-5/h16H,6-15H2,1-5H3/q+1. The predicted octanol–water partition coefficient (Wildman–Crippen LogP) is 5.44. The lowest BCUT2D eigenvalue weighted by molar-refractivity contribution is 0.136. The molecule has 0 aliphatic carbocycles. The molecule has 0 aliphatic heterocycles. The van der Waals surface area contributed by atoms with Crippen LogP contribution in [0.2, 0.25) is 0 Å². The summed E-state index contributed by atoms with van der Waals surface area (Å²) >= 11 is 0. The van der Waals surface area contributed by atoms with Crippen LogP contribution in [-0.4, -0.2) is 37.9 Å². The van der Waals surface area contributed by atoms with Crippen LogP contribution < -0.4 is 0 Å². The topological polar surface area (TPSA) is 9.23 Å². The zero-order valence-electron chi connectivity index (χ0n) is 13.5. The van der Waals surface area contributed by atoms with Crippen molar-refractivity contribution in [2.75, 3.05) is 31.8 Å². The van der Waals surface area contributed by atoms with Crippen molar-refractivity contribution in [1.29, 1.82) is 0 Å². The van der Waals surface area contributed by atoms with E-state index in [1.807, 2.05) is 7.11 Å². The van der Waals surface area contributed by atoms with Crippen LogP contribution in [0.5, 0.6) is 0 Å². The van der Waals surface area contributed by atoms with E-state index in [1.165, 1.54) is 63.2 Å². The van der Waals surface area contributed by atoms with Crippen LogP contribution >= 0.6 is 7.26 Å². The molecule has 0 saturated heterocycles. The van der Waals surface area contributed by atoms with Crippen molar-refractivity contribution in [2.45, 2.75) is 72.3 Å². The van der Waals surface area contributed by atoms with Crippen LogP contribution in [0.25, 0.3) is 0 Å². The molecule has 0 fully saturated rings. The smallest absolute Gasteiger partial charge is 0.0877 e. The molecular weight excluding hydrogens is 239 g/mol. The van der Waals surface area contributed by atoms with E-state index >= 15 is 0 Å². The second kappa shape index (κ2) is 11.2. The minimum Gasteiger partial charge on any atom is -0.378 e. The molecule has 1 atom stereocenters. The highest BCUT2D eigenvalue weighted by Gasteiger charge is 2.36. The molecule has 0 aromatic heterocycles. The quantitative estimate of drug-likeness (QED) is 0.431. The minimum absolute atomic E-state index is 0.462. The van der Waals surface area contributed by atoms with E-state index < -0.39 is 7.26 Å². The highest BCUT2D eigenvalue weighted by atomic mass is 31.2. The molecule has 0 saturated carbocycles. The number of rotatable bonds is 12. The van der Waals surface area contributed by atoms with Crippen LogP contribution in [0, 0.1) is 0 Å². The van der Waals surface area contributed by atoms with Gasteiger partial charge in [-0.3, -0.25) is 0 Å². The van der Waals surface area contributed by atoms with E-state index in [0.717, 1.165) is 0 Å². The summed E-state index contributed by atoms with van der Waals surface area (Å²) in [6.45, 7) is 9.24. The molecule has 0 amide bonds. The molecule has 0 aromatic rings. The van der Waals surface area contributed by atoms with Gasteiger partial charge < -0.3 is 4.74 Å². The first kappa shape index (κ1) is 18.4. The summed E-state index contributed by atoms with van der Waals surface area (Å²) in [7, 11) is 1.13. The number of ether oxygens (including phenoxy) is 1. The summed E-state index contributed by atoms with van der Waals surface area (Å²) in [5.41, 5.74) is 0. The van der Waals surface area contributed by atoms with Crippen LogP contribution in [0.4, 0.5) is 0 Å². The maximum absolute atomic E-state index is 5.57. The average molecular weight is 275 g/mol. The van der Waals surface area contributed by atoms with Gasteiger partial charge >= 0.3 is 0 Å². The number of unbranched alkanes of at least 4 members (excludes halogenated alkanes) is 3. The monoisotopic (exact) mass is 275 g/mol. The largest absolute Gasteiger partial charge is 0.378 e. The van der Waals surface area contributed by atoms with Crippen molar-refractivity contribution in [2.24, 2.45) is 0 Å². The third kappa shape index (κ3) is 7.74. The molecule has 0 rings (SSSR count). The molecule has 1 nitrogen and oxygen atoms in total. The summed E-state index contributed by atoms with van der Waals surface area (Å²) in [4.78, 5) is 0. The zero-order chi connectivity index (χ0) is 13.9. The summed E-state index contributed by atoms with van der Waals surface area (Å²) in [6, 6.07) is 0. The normalized spacial score (nSPS) is 13.8. The first-order valence-corrected chi connectivity index (χ1v) is 10.5. The fourth-order valence-electron chi connectivity index (χ4n) is 2.71. The van der Waals surface area contributed by atoms with E-state index in [0.29, 0.717) is 6.10 Å². The van der Waals surface area contributed by atoms with Gasteiger partial charge in [0.1, 0.15) is 0 Å². The molecule has 1 unspecified atom stereocenters. The van der Waals surface area contributed by atoms with Gasteiger partial charge in [-0.05, 0) is 26.2 Å². The van der Waals surface area contributed by atoms with Gasteiger partial charge in [0.05, 0.1) is 30.8 Å². The summed E-state index contributed by atoms with van der Waals surface area (Å²) in [5, 5.41) is 0. The van der Waals surface area contributed by atoms with E-state index in [4.69, 9.17) is 4.74 Å². The predicted molar refractivity (Wildman–Crippen MR) is 87.6 cm³/mol. The van der Waals surface area contributed by atoms with Gasteiger partial charge in [0.15, 0.2) is 0 Å². The zero-order valence-corrected chi connectivity index (χ0v) is 14.4. The van der Waals surface area contributed by atoms with Crippen molar-refractivity contribution in [3.63, 3.8) is 0 Å². The summed E-state index contributed by atoms with van der Waals surface area (Å²) < 4.78 is 5.57. The van der Waals surface area contributed by atoms with Crippen LogP contribution in [0.15, 0.2) is 0 Å². The highest BCUT2D eigenvalue weighted by Crippen LogP contribution is 2.61. The Labute approximate surface area is 116 Å². The second-order valence-corrected chi connectivity index (χ2v) is 10.2. The molecule has 110 valence electrons. The van der Waals surface area contributed by atoms with Gasteiger partial charge in [-0.25, -0.2) is 0 Å². The number of methoxy groups -OCH3 is 1. The molecule has 0 aliphatic rings. The third-order valence-electron chi connectivity index (χ3n) is 4.00. The summed E-state index contributed by atoms with van der Waals surface area (Å²) in [5.74, 6) is 0. The van der Waals surface area contributed by atoms with Gasteiger partial charge in [-0.2, -0.15) is 0 Å². The van der Waals surface area contributed by atoms with E-state index in [1.54, 1.807) is 0 Å². The van der Waals surface area contributed by atoms with Crippen molar-refractivity contribution in [3.8, 4) is 0 Å². The van der Waals surface area contributed by atoms with E-state index in [2.05, 4.69) is 27.7 Å². The van der Waals surface area contributed by atoms with Gasteiger partial charge in [0.25, 0.3) is 0 Å². The lowest BCUT2D eigenvalue weighted by Gasteiger charge is -2.30. The fraction of sp³-hybridized carbons (Fsp3) is 1.00. The molecule has 0 N–H and O–H groups in total. The number of hydrogen-bond donors (Lipinski definition) is 0. The Morgan fingerprint density at radius 3 is 1.50 bits per heavy atom. The Kier molecular flexibility index (Phi) is 11.5. The first-order chi connectivity index (χ1) is 8.64. The number of hydrogen-bond acceptors (Lipinski definition) is 1. The van der Waals surface area contributed by atoms with Crippen molar-refractivity contribution in [3.05, 3.63) is 0 Å². The maximum Gasteiger partial charge on any atom is 0.0877 e. The fourth-order valence-corrected chi connectivity index (χ4v) is 8.13. The van der Waals surface area contributed by atoms with Crippen molar-refractivity contribution < 1.29 is 4.74 Å². The maximum atomic E-state index is 5.57. The SMILES string of the molecule is CCCC[P+](CCCC)(CCCC)CC(C)OC. The Bertz CT molecular complexity index is 160. The molecule has 0 bridgehead atoms. The lowest BCUT2D eigenvalue weighted by Crippen LogP contribution is -2.21. The van der Waals surface area contributed by atoms with E-state index in [-0.39, 0.29) is 0 Å². The molecule has 0 spiro atoms. The Balaban J connectivity index is 4.61. The first-order valence-electron chi connectivity index (χ1n) is 8.02. The van der Waals surface area contributed by atoms with Gasteiger partial charge in [-0.1, -0.05) is 40.0 Å².